The molecule has 1 N–H and O–H groups in total. The van der Waals surface area contributed by atoms with Crippen molar-refractivity contribution in [1.29, 1.82) is 0 Å². The summed E-state index contributed by atoms with van der Waals surface area (Å²) in [5.74, 6) is 0. The van der Waals surface area contributed by atoms with E-state index < -0.39 is 0 Å². The van der Waals surface area contributed by atoms with Crippen molar-refractivity contribution in [2.45, 2.75) is 32.8 Å². The molecule has 2 unspecified atom stereocenters. The van der Waals surface area contributed by atoms with E-state index in [1.54, 1.807) is 0 Å². The van der Waals surface area contributed by atoms with Crippen molar-refractivity contribution < 1.29 is 4.74 Å². The fraction of sp³-hybridized carbons (Fsp3) is 0.474. The molecule has 0 saturated carbocycles. The highest BCUT2D eigenvalue weighted by molar-refractivity contribution is 5.85. The van der Waals surface area contributed by atoms with Crippen LogP contribution in [0, 0.1) is 5.41 Å². The summed E-state index contributed by atoms with van der Waals surface area (Å²) in [6.45, 7) is 7.34. The van der Waals surface area contributed by atoms with Crippen LogP contribution in [0.3, 0.4) is 0 Å². The zero-order valence-electron chi connectivity index (χ0n) is 13.1. The summed E-state index contributed by atoms with van der Waals surface area (Å²) >= 11 is 0. The first-order chi connectivity index (χ1) is 10.2. The van der Waals surface area contributed by atoms with Gasteiger partial charge in [0.05, 0.1) is 6.10 Å². The molecule has 1 fully saturated rings. The number of hydrogen-bond acceptors (Lipinski definition) is 2. The van der Waals surface area contributed by atoms with Gasteiger partial charge in [-0.2, -0.15) is 0 Å². The molecule has 21 heavy (non-hydrogen) atoms. The Morgan fingerprint density at radius 2 is 2.00 bits per heavy atom. The smallest absolute Gasteiger partial charge is 0.0619 e. The van der Waals surface area contributed by atoms with Crippen LogP contribution < -0.4 is 5.32 Å². The summed E-state index contributed by atoms with van der Waals surface area (Å²) in [4.78, 5) is 0. The predicted molar refractivity (Wildman–Crippen MR) is 88.7 cm³/mol. The molecule has 0 amide bonds. The zero-order chi connectivity index (χ0) is 14.7. The van der Waals surface area contributed by atoms with E-state index in [0.29, 0.717) is 6.10 Å². The number of fused-ring (bicyclic) bond motifs is 1. The van der Waals surface area contributed by atoms with Crippen LogP contribution in [0.5, 0.6) is 0 Å². The molecule has 3 rings (SSSR count). The molecule has 1 saturated heterocycles. The van der Waals surface area contributed by atoms with Crippen LogP contribution >= 0.6 is 0 Å². The van der Waals surface area contributed by atoms with E-state index >= 15 is 0 Å². The summed E-state index contributed by atoms with van der Waals surface area (Å²) in [6.07, 6.45) is 2.54. The minimum Gasteiger partial charge on any atom is -0.378 e. The largest absolute Gasteiger partial charge is 0.378 e. The van der Waals surface area contributed by atoms with Gasteiger partial charge in [-0.05, 0) is 42.6 Å². The van der Waals surface area contributed by atoms with E-state index in [-0.39, 0.29) is 5.41 Å². The Morgan fingerprint density at radius 3 is 2.76 bits per heavy atom. The van der Waals surface area contributed by atoms with Crippen LogP contribution in [0.15, 0.2) is 42.5 Å². The summed E-state index contributed by atoms with van der Waals surface area (Å²) in [6, 6.07) is 15.3. The minimum absolute atomic E-state index is 0.222. The maximum absolute atomic E-state index is 5.91. The highest BCUT2D eigenvalue weighted by Crippen LogP contribution is 2.39. The first-order valence-electron chi connectivity index (χ1n) is 8.04. The second-order valence-corrected chi connectivity index (χ2v) is 6.22. The molecule has 2 aromatic rings. The summed E-state index contributed by atoms with van der Waals surface area (Å²) in [5.41, 5.74) is 1.67. The Hall–Kier alpha value is -1.38. The van der Waals surface area contributed by atoms with Crippen LogP contribution in [0.2, 0.25) is 0 Å². The SMILES string of the molecule is CCNCC1(Cc2cccc3ccccc23)CCOC1C. The molecule has 1 aliphatic heterocycles. The molecule has 112 valence electrons. The Kier molecular flexibility index (Phi) is 4.27. The van der Waals surface area contributed by atoms with Crippen molar-refractivity contribution in [2.24, 2.45) is 5.41 Å². The molecule has 0 spiro atoms. The first kappa shape index (κ1) is 14.6. The van der Waals surface area contributed by atoms with Crippen LogP contribution in [-0.2, 0) is 11.2 Å². The van der Waals surface area contributed by atoms with Gasteiger partial charge in [-0.3, -0.25) is 0 Å². The third kappa shape index (κ3) is 2.83. The molecule has 2 nitrogen and oxygen atoms in total. The molecule has 2 heteroatoms. The van der Waals surface area contributed by atoms with Gasteiger partial charge in [0.15, 0.2) is 0 Å². The molecule has 1 aliphatic rings. The molecule has 0 bridgehead atoms. The average Bonchev–Trinajstić information content (AvgIpc) is 2.87. The van der Waals surface area contributed by atoms with Crippen LogP contribution in [-0.4, -0.2) is 25.8 Å². The number of nitrogens with one attached hydrogen (secondary N) is 1. The van der Waals surface area contributed by atoms with Crippen LogP contribution in [0.4, 0.5) is 0 Å². The van der Waals surface area contributed by atoms with Crippen LogP contribution in [0.1, 0.15) is 25.8 Å². The zero-order valence-corrected chi connectivity index (χ0v) is 13.1. The van der Waals surface area contributed by atoms with Gasteiger partial charge in [0.25, 0.3) is 0 Å². The second-order valence-electron chi connectivity index (χ2n) is 6.22. The Bertz CT molecular complexity index is 604. The van der Waals surface area contributed by atoms with Gasteiger partial charge < -0.3 is 10.1 Å². The van der Waals surface area contributed by atoms with Gasteiger partial charge in [0.2, 0.25) is 0 Å². The lowest BCUT2D eigenvalue weighted by atomic mass is 9.75. The van der Waals surface area contributed by atoms with E-state index in [1.807, 2.05) is 0 Å². The molecule has 0 radical (unpaired) electrons. The third-order valence-corrected chi connectivity index (χ3v) is 4.98. The number of hydrogen-bond donors (Lipinski definition) is 1. The molecule has 0 aliphatic carbocycles. The first-order valence-corrected chi connectivity index (χ1v) is 8.04. The van der Waals surface area contributed by atoms with Crippen molar-refractivity contribution >= 4 is 10.8 Å². The van der Waals surface area contributed by atoms with Crippen molar-refractivity contribution in [3.05, 3.63) is 48.0 Å². The molecule has 2 atom stereocenters. The van der Waals surface area contributed by atoms with Gasteiger partial charge >= 0.3 is 0 Å². The minimum atomic E-state index is 0.222. The highest BCUT2D eigenvalue weighted by Gasteiger charge is 2.41. The topological polar surface area (TPSA) is 21.3 Å². The van der Waals surface area contributed by atoms with E-state index in [0.717, 1.165) is 32.5 Å². The molecule has 0 aromatic heterocycles. The number of benzene rings is 2. The quantitative estimate of drug-likeness (QED) is 0.901. The van der Waals surface area contributed by atoms with E-state index in [9.17, 15) is 0 Å². The van der Waals surface area contributed by atoms with E-state index in [1.165, 1.54) is 16.3 Å². The van der Waals surface area contributed by atoms with Gasteiger partial charge in [-0.25, -0.2) is 0 Å². The van der Waals surface area contributed by atoms with Crippen molar-refractivity contribution in [3.8, 4) is 0 Å². The predicted octanol–water partition coefficient (Wildman–Crippen LogP) is 3.79. The molecule has 1 heterocycles. The summed E-state index contributed by atoms with van der Waals surface area (Å²) in [7, 11) is 0. The number of ether oxygens (including phenoxy) is 1. The Balaban J connectivity index is 1.94. The standard InChI is InChI=1S/C19H25NO/c1-3-20-14-19(11-12-21-15(19)2)13-17-9-6-8-16-7-4-5-10-18(16)17/h4-10,15,20H,3,11-14H2,1-2H3. The molecular weight excluding hydrogens is 258 g/mol. The van der Waals surface area contributed by atoms with E-state index in [4.69, 9.17) is 4.74 Å². The van der Waals surface area contributed by atoms with Crippen LogP contribution in [0.25, 0.3) is 10.8 Å². The van der Waals surface area contributed by atoms with Crippen molar-refractivity contribution in [2.75, 3.05) is 19.7 Å². The average molecular weight is 283 g/mol. The molecule has 2 aromatic carbocycles. The maximum Gasteiger partial charge on any atom is 0.0619 e. The van der Waals surface area contributed by atoms with Gasteiger partial charge in [-0.15, -0.1) is 0 Å². The Labute approximate surface area is 127 Å². The molecular formula is C19H25NO. The van der Waals surface area contributed by atoms with Gasteiger partial charge in [0, 0.05) is 18.6 Å². The lowest BCUT2D eigenvalue weighted by Crippen LogP contribution is -2.41. The van der Waals surface area contributed by atoms with Gasteiger partial charge in [0.1, 0.15) is 0 Å². The van der Waals surface area contributed by atoms with Gasteiger partial charge in [-0.1, -0.05) is 49.4 Å². The third-order valence-electron chi connectivity index (χ3n) is 4.98. The fourth-order valence-corrected chi connectivity index (χ4v) is 3.55. The number of rotatable bonds is 5. The summed E-state index contributed by atoms with van der Waals surface area (Å²) < 4.78 is 5.91. The normalized spacial score (nSPS) is 25.5. The second kappa shape index (κ2) is 6.17. The maximum atomic E-state index is 5.91. The Morgan fingerprint density at radius 1 is 1.19 bits per heavy atom. The fourth-order valence-electron chi connectivity index (χ4n) is 3.55. The lowest BCUT2D eigenvalue weighted by molar-refractivity contribution is 0.0634. The summed E-state index contributed by atoms with van der Waals surface area (Å²) in [5, 5.41) is 6.27. The van der Waals surface area contributed by atoms with Crippen molar-refractivity contribution in [3.63, 3.8) is 0 Å². The highest BCUT2D eigenvalue weighted by atomic mass is 16.5. The van der Waals surface area contributed by atoms with Crippen molar-refractivity contribution in [1.82, 2.24) is 5.32 Å². The monoisotopic (exact) mass is 283 g/mol. The van der Waals surface area contributed by atoms with E-state index in [2.05, 4.69) is 61.6 Å². The lowest BCUT2D eigenvalue weighted by Gasteiger charge is -2.33.